The second kappa shape index (κ2) is 17.0. The van der Waals surface area contributed by atoms with Crippen molar-refractivity contribution in [3.63, 3.8) is 0 Å². The van der Waals surface area contributed by atoms with Crippen LogP contribution in [-0.2, 0) is 23.7 Å². The number of rotatable bonds is 18. The number of hydrogen-bond donors (Lipinski definition) is 0. The highest BCUT2D eigenvalue weighted by Gasteiger charge is 2.50. The van der Waals surface area contributed by atoms with E-state index in [4.69, 9.17) is 17.7 Å². The monoisotopic (exact) mass is 713 g/mol. The Hall–Kier alpha value is -2.69. The average molecular weight is 714 g/mol. The molecule has 0 radical (unpaired) electrons. The van der Waals surface area contributed by atoms with E-state index in [0.29, 0.717) is 51.6 Å². The number of nitrogens with zero attached hydrogens (tertiary/aromatic N) is 7. The van der Waals surface area contributed by atoms with Gasteiger partial charge in [-0.3, -0.25) is 0 Å². The number of carbonyl (C=O) groups excluding carboxylic acids is 2. The highest BCUT2D eigenvalue weighted by molar-refractivity contribution is 7.81. The van der Waals surface area contributed by atoms with Crippen LogP contribution in [-0.4, -0.2) is 107 Å². The number of piperidine rings is 1. The maximum Gasteiger partial charge on any atom is 0.437 e. The van der Waals surface area contributed by atoms with Crippen LogP contribution in [0.15, 0.2) is 4.42 Å². The number of hydrogen-bond acceptors (Lipinski definition) is 12. The predicted molar refractivity (Wildman–Crippen MR) is 183 cm³/mol. The van der Waals surface area contributed by atoms with Crippen LogP contribution in [0.25, 0.3) is 0 Å². The summed E-state index contributed by atoms with van der Waals surface area (Å²) in [6.45, 7) is 16.5. The molecule has 4 heterocycles. The first-order valence-corrected chi connectivity index (χ1v) is 19.7. The SMILES string of the molecule is CCCCN(OS(=O)(=O)ON1C(=O)N2C[C@@H]1CC[C@H]2c1nnc(N2CCN(C(=O)OC(C)(C)C)CC2)o1)C(CCC)(CCCC)CCCC. The number of hydroxylamine groups is 4. The van der Waals surface area contributed by atoms with Crippen molar-refractivity contribution in [3.8, 4) is 0 Å². The van der Waals surface area contributed by atoms with Crippen molar-refractivity contribution in [2.24, 2.45) is 0 Å². The molecular formula is C33H59N7O8S. The molecule has 0 N–H and O–H groups in total. The van der Waals surface area contributed by atoms with E-state index in [9.17, 15) is 18.0 Å². The number of amides is 3. The Morgan fingerprint density at radius 1 is 0.918 bits per heavy atom. The van der Waals surface area contributed by atoms with E-state index < -0.39 is 39.7 Å². The Morgan fingerprint density at radius 3 is 2.16 bits per heavy atom. The summed E-state index contributed by atoms with van der Waals surface area (Å²) >= 11 is 0. The molecule has 4 rings (SSSR count). The van der Waals surface area contributed by atoms with Crippen LogP contribution in [0, 0.1) is 0 Å². The molecule has 3 saturated heterocycles. The van der Waals surface area contributed by atoms with Crippen LogP contribution in [0.4, 0.5) is 15.6 Å². The van der Waals surface area contributed by atoms with E-state index >= 15 is 0 Å². The van der Waals surface area contributed by atoms with Gasteiger partial charge in [-0.05, 0) is 59.3 Å². The van der Waals surface area contributed by atoms with Gasteiger partial charge in [0.15, 0.2) is 0 Å². The number of piperazine rings is 1. The summed E-state index contributed by atoms with van der Waals surface area (Å²) in [7, 11) is -4.62. The maximum atomic E-state index is 13.6. The molecule has 0 aromatic carbocycles. The minimum Gasteiger partial charge on any atom is -0.444 e. The van der Waals surface area contributed by atoms with Gasteiger partial charge < -0.3 is 23.9 Å². The molecule has 0 unspecified atom stereocenters. The molecular weight excluding hydrogens is 654 g/mol. The molecule has 3 aliphatic rings. The van der Waals surface area contributed by atoms with Crippen molar-refractivity contribution in [3.05, 3.63) is 5.89 Å². The van der Waals surface area contributed by atoms with Crippen LogP contribution < -0.4 is 4.90 Å². The van der Waals surface area contributed by atoms with Crippen molar-refractivity contribution in [1.29, 1.82) is 0 Å². The van der Waals surface area contributed by atoms with Gasteiger partial charge in [-0.2, -0.15) is 22.8 Å². The molecule has 280 valence electrons. The number of fused-ring (bicyclic) bond motifs is 2. The van der Waals surface area contributed by atoms with Gasteiger partial charge in [0.25, 0.3) is 0 Å². The number of ether oxygens (including phenoxy) is 1. The number of urea groups is 1. The van der Waals surface area contributed by atoms with Crippen LogP contribution in [0.1, 0.15) is 137 Å². The maximum absolute atomic E-state index is 13.6. The van der Waals surface area contributed by atoms with Gasteiger partial charge in [-0.25, -0.2) is 9.59 Å². The van der Waals surface area contributed by atoms with Crippen LogP contribution in [0.5, 0.6) is 0 Å². The second-order valence-electron chi connectivity index (χ2n) is 14.6. The molecule has 0 saturated carbocycles. The Labute approximate surface area is 292 Å². The second-order valence-corrected chi connectivity index (χ2v) is 15.7. The average Bonchev–Trinajstić information content (AvgIpc) is 3.64. The Bertz CT molecular complexity index is 1320. The minimum absolute atomic E-state index is 0.262. The lowest BCUT2D eigenvalue weighted by molar-refractivity contribution is -0.172. The number of unbranched alkanes of at least 4 members (excludes halogenated alkanes) is 3. The molecule has 1 aromatic heterocycles. The fourth-order valence-electron chi connectivity index (χ4n) is 6.99. The number of aromatic nitrogens is 2. The van der Waals surface area contributed by atoms with E-state index in [2.05, 4.69) is 37.9 Å². The first-order valence-electron chi connectivity index (χ1n) is 18.3. The zero-order valence-corrected chi connectivity index (χ0v) is 31.5. The molecule has 3 aliphatic heterocycles. The van der Waals surface area contributed by atoms with E-state index in [1.54, 1.807) is 9.96 Å². The van der Waals surface area contributed by atoms with Crippen molar-refractivity contribution in [2.45, 2.75) is 149 Å². The molecule has 15 nitrogen and oxygen atoms in total. The zero-order chi connectivity index (χ0) is 35.8. The van der Waals surface area contributed by atoms with Crippen LogP contribution in [0.3, 0.4) is 0 Å². The van der Waals surface area contributed by atoms with Gasteiger partial charge in [0.1, 0.15) is 11.6 Å². The molecule has 3 fully saturated rings. The van der Waals surface area contributed by atoms with Crippen LogP contribution >= 0.6 is 0 Å². The van der Waals surface area contributed by atoms with E-state index in [1.807, 2.05) is 25.7 Å². The van der Waals surface area contributed by atoms with Crippen molar-refractivity contribution >= 4 is 28.5 Å². The molecule has 49 heavy (non-hydrogen) atoms. The fourth-order valence-corrected chi connectivity index (χ4v) is 7.85. The summed E-state index contributed by atoms with van der Waals surface area (Å²) < 4.78 is 50.0. The van der Waals surface area contributed by atoms with E-state index in [1.165, 1.54) is 4.90 Å². The molecule has 0 aliphatic carbocycles. The smallest absolute Gasteiger partial charge is 0.437 e. The van der Waals surface area contributed by atoms with Gasteiger partial charge in [-0.15, -0.1) is 9.38 Å². The predicted octanol–water partition coefficient (Wildman–Crippen LogP) is 6.20. The lowest BCUT2D eigenvalue weighted by atomic mass is 9.82. The van der Waals surface area contributed by atoms with Crippen molar-refractivity contribution in [1.82, 2.24) is 30.1 Å². The normalized spacial score (nSPS) is 20.5. The Balaban J connectivity index is 1.42. The lowest BCUT2D eigenvalue weighted by Gasteiger charge is -2.43. The summed E-state index contributed by atoms with van der Waals surface area (Å²) in [4.78, 5) is 31.2. The molecule has 3 amide bonds. The topological polar surface area (TPSA) is 151 Å². The van der Waals surface area contributed by atoms with Crippen molar-refractivity contribution < 1.29 is 35.7 Å². The number of carbonyl (C=O) groups is 2. The summed E-state index contributed by atoms with van der Waals surface area (Å²) in [5.74, 6) is 0.277. The Kier molecular flexibility index (Phi) is 13.6. The molecule has 0 spiro atoms. The van der Waals surface area contributed by atoms with E-state index in [-0.39, 0.29) is 18.5 Å². The fraction of sp³-hybridized carbons (Fsp3) is 0.879. The third-order valence-electron chi connectivity index (χ3n) is 9.54. The number of anilines is 1. The Morgan fingerprint density at radius 2 is 1.57 bits per heavy atom. The quantitative estimate of drug-likeness (QED) is 0.159. The summed E-state index contributed by atoms with van der Waals surface area (Å²) in [6, 6.07) is -1.25. The minimum atomic E-state index is -4.62. The lowest BCUT2D eigenvalue weighted by Crippen LogP contribution is -2.51. The standard InChI is InChI=1S/C33H59N7O8S/c1-8-12-18-33(17-11-4,19-13-9-2)39(20-14-10-3)47-49(43,44)48-40-26-15-16-27(38(25-26)30(40)41)28-34-35-29(45-28)36-21-23-37(24-22-36)31(42)46-32(5,6)7/h26-27H,8-25H2,1-7H3/t26-,27-/m0/s1. The zero-order valence-electron chi connectivity index (χ0n) is 30.7. The largest absolute Gasteiger partial charge is 0.444 e. The van der Waals surface area contributed by atoms with Gasteiger partial charge in [0.2, 0.25) is 5.89 Å². The first kappa shape index (κ1) is 39.1. The third-order valence-corrected chi connectivity index (χ3v) is 10.2. The molecule has 16 heteroatoms. The van der Waals surface area contributed by atoms with Gasteiger partial charge in [0.05, 0.1) is 6.04 Å². The summed E-state index contributed by atoms with van der Waals surface area (Å²) in [6.07, 6.45) is 9.53. The van der Waals surface area contributed by atoms with Crippen LogP contribution in [0.2, 0.25) is 0 Å². The van der Waals surface area contributed by atoms with Gasteiger partial charge in [-0.1, -0.05) is 71.3 Å². The van der Waals surface area contributed by atoms with E-state index in [0.717, 1.165) is 69.3 Å². The van der Waals surface area contributed by atoms with Gasteiger partial charge in [0, 0.05) is 44.8 Å². The third kappa shape index (κ3) is 9.97. The van der Waals surface area contributed by atoms with Gasteiger partial charge >= 0.3 is 28.5 Å². The highest BCUT2D eigenvalue weighted by Crippen LogP contribution is 2.40. The summed E-state index contributed by atoms with van der Waals surface area (Å²) in [5, 5.41) is 11.1. The summed E-state index contributed by atoms with van der Waals surface area (Å²) in [5.41, 5.74) is -1.01. The highest BCUT2D eigenvalue weighted by atomic mass is 32.3. The molecule has 1 aromatic rings. The molecule has 2 bridgehead atoms. The van der Waals surface area contributed by atoms with Crippen molar-refractivity contribution in [2.75, 3.05) is 44.2 Å². The molecule has 2 atom stereocenters. The first-order chi connectivity index (χ1) is 23.3.